The van der Waals surface area contributed by atoms with E-state index in [-0.39, 0.29) is 11.8 Å². The minimum absolute atomic E-state index is 0.00340. The second kappa shape index (κ2) is 5.96. The van der Waals surface area contributed by atoms with Gasteiger partial charge in [-0.05, 0) is 23.6 Å². The molecule has 1 atom stereocenters. The lowest BCUT2D eigenvalue weighted by atomic mass is 10.1. The van der Waals surface area contributed by atoms with Crippen LogP contribution in [0.5, 0.6) is 0 Å². The second-order valence-electron chi connectivity index (χ2n) is 5.58. The Bertz CT molecular complexity index is 798. The smallest absolute Gasteiger partial charge is 0.257 e. The maximum absolute atomic E-state index is 12.2. The quantitative estimate of drug-likeness (QED) is 0.738. The number of benzene rings is 1. The topological polar surface area (TPSA) is 59.2 Å². The molecule has 1 saturated heterocycles. The molecule has 0 N–H and O–H groups in total. The second-order valence-corrected chi connectivity index (χ2v) is 6.61. The van der Waals surface area contributed by atoms with Gasteiger partial charge < -0.3 is 9.42 Å². The molecule has 1 amide bonds. The Balaban J connectivity index is 1.49. The minimum Gasteiger partial charge on any atom is -0.337 e. The van der Waals surface area contributed by atoms with E-state index in [9.17, 15) is 4.79 Å². The van der Waals surface area contributed by atoms with E-state index in [1.165, 1.54) is 4.88 Å². The lowest BCUT2D eigenvalue weighted by Crippen LogP contribution is -2.23. The summed E-state index contributed by atoms with van der Waals surface area (Å²) in [5, 5.41) is 6.10. The van der Waals surface area contributed by atoms with Crippen molar-refractivity contribution in [3.05, 3.63) is 58.5 Å². The summed E-state index contributed by atoms with van der Waals surface area (Å²) in [4.78, 5) is 19.7. The lowest BCUT2D eigenvalue weighted by Gasteiger charge is -2.14. The first-order chi connectivity index (χ1) is 11.3. The van der Waals surface area contributed by atoms with Gasteiger partial charge in [0.25, 0.3) is 5.89 Å². The summed E-state index contributed by atoms with van der Waals surface area (Å²) in [6.45, 7) is 1.31. The number of amides is 1. The average Bonchev–Trinajstić information content (AvgIpc) is 3.31. The third kappa shape index (κ3) is 2.90. The molecule has 23 heavy (non-hydrogen) atoms. The predicted octanol–water partition coefficient (Wildman–Crippen LogP) is 3.31. The Kier molecular flexibility index (Phi) is 3.67. The van der Waals surface area contributed by atoms with E-state index in [1.54, 1.807) is 11.3 Å². The minimum atomic E-state index is 0.00340. The van der Waals surface area contributed by atoms with Crippen LogP contribution in [0.25, 0.3) is 11.5 Å². The highest BCUT2D eigenvalue weighted by Gasteiger charge is 2.33. The van der Waals surface area contributed by atoms with Crippen LogP contribution in [0.1, 0.15) is 23.0 Å². The van der Waals surface area contributed by atoms with Crippen molar-refractivity contribution in [2.24, 2.45) is 0 Å². The molecule has 3 aromatic rings. The largest absolute Gasteiger partial charge is 0.337 e. The first-order valence-corrected chi connectivity index (χ1v) is 8.37. The lowest BCUT2D eigenvalue weighted by molar-refractivity contribution is -0.128. The van der Waals surface area contributed by atoms with Crippen molar-refractivity contribution < 1.29 is 9.32 Å². The summed E-state index contributed by atoms with van der Waals surface area (Å²) < 4.78 is 5.35. The maximum Gasteiger partial charge on any atom is 0.257 e. The molecule has 3 heterocycles. The van der Waals surface area contributed by atoms with Gasteiger partial charge in [0.05, 0.1) is 6.54 Å². The van der Waals surface area contributed by atoms with Crippen LogP contribution in [0.2, 0.25) is 0 Å². The number of hydrogen-bond donors (Lipinski definition) is 0. The zero-order chi connectivity index (χ0) is 15.6. The van der Waals surface area contributed by atoms with Crippen molar-refractivity contribution in [2.75, 3.05) is 6.54 Å². The highest BCUT2D eigenvalue weighted by atomic mass is 32.1. The van der Waals surface area contributed by atoms with Crippen molar-refractivity contribution in [3.63, 3.8) is 0 Å². The molecular formula is C17H15N3O2S. The fraction of sp³-hybridized carbons (Fsp3) is 0.235. The number of likely N-dealkylation sites (tertiary alicyclic amines) is 1. The standard InChI is InChI=1S/C17H15N3O2S/c21-15-9-13(10-20(15)11-14-7-4-8-23-14)16-18-17(22-19-16)12-5-2-1-3-6-12/h1-8,13H,9-11H2. The number of rotatable bonds is 4. The maximum atomic E-state index is 12.2. The van der Waals surface area contributed by atoms with Crippen LogP contribution < -0.4 is 0 Å². The van der Waals surface area contributed by atoms with Gasteiger partial charge in [0.15, 0.2) is 5.82 Å². The van der Waals surface area contributed by atoms with E-state index in [1.807, 2.05) is 52.7 Å². The van der Waals surface area contributed by atoms with Crippen molar-refractivity contribution in [1.82, 2.24) is 15.0 Å². The number of carbonyl (C=O) groups is 1. The average molecular weight is 325 g/mol. The van der Waals surface area contributed by atoms with E-state index < -0.39 is 0 Å². The molecule has 0 radical (unpaired) electrons. The van der Waals surface area contributed by atoms with Gasteiger partial charge in [0.2, 0.25) is 5.91 Å². The van der Waals surface area contributed by atoms with Crippen LogP contribution in [0.3, 0.4) is 0 Å². The molecule has 0 spiro atoms. The molecule has 4 rings (SSSR count). The van der Waals surface area contributed by atoms with Crippen LogP contribution in [0.4, 0.5) is 0 Å². The van der Waals surface area contributed by atoms with Gasteiger partial charge in [0, 0.05) is 29.3 Å². The molecular weight excluding hydrogens is 310 g/mol. The van der Waals surface area contributed by atoms with Crippen molar-refractivity contribution in [1.29, 1.82) is 0 Å². The van der Waals surface area contributed by atoms with Crippen LogP contribution in [-0.4, -0.2) is 27.5 Å². The van der Waals surface area contributed by atoms with E-state index >= 15 is 0 Å². The first-order valence-electron chi connectivity index (χ1n) is 7.49. The highest BCUT2D eigenvalue weighted by Crippen LogP contribution is 2.29. The molecule has 116 valence electrons. The SMILES string of the molecule is O=C1CC(c2noc(-c3ccccc3)n2)CN1Cc1cccs1. The van der Waals surface area contributed by atoms with Crippen LogP contribution >= 0.6 is 11.3 Å². The third-order valence-electron chi connectivity index (χ3n) is 3.97. The molecule has 0 aliphatic carbocycles. The number of carbonyl (C=O) groups excluding carboxylic acids is 1. The zero-order valence-corrected chi connectivity index (χ0v) is 13.2. The Labute approximate surface area is 137 Å². The van der Waals surface area contributed by atoms with Gasteiger partial charge in [-0.2, -0.15) is 4.98 Å². The van der Waals surface area contributed by atoms with Crippen LogP contribution in [0.15, 0.2) is 52.4 Å². The number of aromatic nitrogens is 2. The van der Waals surface area contributed by atoms with E-state index in [2.05, 4.69) is 10.1 Å². The summed E-state index contributed by atoms with van der Waals surface area (Å²) in [5.41, 5.74) is 0.894. The van der Waals surface area contributed by atoms with Gasteiger partial charge in [-0.25, -0.2) is 0 Å². The Hall–Kier alpha value is -2.47. The summed E-state index contributed by atoms with van der Waals surface area (Å²) >= 11 is 1.67. The molecule has 2 aromatic heterocycles. The summed E-state index contributed by atoms with van der Waals surface area (Å²) in [6.07, 6.45) is 0.444. The fourth-order valence-electron chi connectivity index (χ4n) is 2.79. The van der Waals surface area contributed by atoms with Crippen LogP contribution in [0, 0.1) is 0 Å². The summed E-state index contributed by atoms with van der Waals surface area (Å²) in [7, 11) is 0. The molecule has 1 fully saturated rings. The molecule has 1 aromatic carbocycles. The predicted molar refractivity (Wildman–Crippen MR) is 86.8 cm³/mol. The van der Waals surface area contributed by atoms with Gasteiger partial charge in [-0.15, -0.1) is 11.3 Å². The molecule has 0 saturated carbocycles. The normalized spacial score (nSPS) is 17.8. The molecule has 0 bridgehead atoms. The van der Waals surface area contributed by atoms with E-state index in [0.29, 0.717) is 31.2 Å². The Morgan fingerprint density at radius 3 is 2.87 bits per heavy atom. The van der Waals surface area contributed by atoms with Gasteiger partial charge in [-0.3, -0.25) is 4.79 Å². The number of nitrogens with zero attached hydrogens (tertiary/aromatic N) is 3. The van der Waals surface area contributed by atoms with Gasteiger partial charge >= 0.3 is 0 Å². The van der Waals surface area contributed by atoms with Crippen LogP contribution in [-0.2, 0) is 11.3 Å². The Morgan fingerprint density at radius 1 is 1.22 bits per heavy atom. The molecule has 1 aliphatic rings. The first kappa shape index (κ1) is 14.1. The summed E-state index contributed by atoms with van der Waals surface area (Å²) in [5.74, 6) is 1.27. The number of thiophene rings is 1. The molecule has 1 unspecified atom stereocenters. The van der Waals surface area contributed by atoms with Crippen molar-refractivity contribution >= 4 is 17.2 Å². The van der Waals surface area contributed by atoms with E-state index in [0.717, 1.165) is 5.56 Å². The molecule has 5 nitrogen and oxygen atoms in total. The Morgan fingerprint density at radius 2 is 2.09 bits per heavy atom. The third-order valence-corrected chi connectivity index (χ3v) is 4.83. The zero-order valence-electron chi connectivity index (χ0n) is 12.4. The monoisotopic (exact) mass is 325 g/mol. The van der Waals surface area contributed by atoms with Gasteiger partial charge in [0.1, 0.15) is 0 Å². The number of hydrogen-bond acceptors (Lipinski definition) is 5. The molecule has 1 aliphatic heterocycles. The summed E-state index contributed by atoms with van der Waals surface area (Å²) in [6, 6.07) is 13.7. The van der Waals surface area contributed by atoms with E-state index in [4.69, 9.17) is 4.52 Å². The fourth-order valence-corrected chi connectivity index (χ4v) is 3.51. The highest BCUT2D eigenvalue weighted by molar-refractivity contribution is 7.09. The van der Waals surface area contributed by atoms with Crippen molar-refractivity contribution in [3.8, 4) is 11.5 Å². The van der Waals surface area contributed by atoms with Gasteiger partial charge in [-0.1, -0.05) is 29.4 Å². The van der Waals surface area contributed by atoms with Crippen molar-refractivity contribution in [2.45, 2.75) is 18.9 Å². The molecule has 6 heteroatoms.